The van der Waals surface area contributed by atoms with Crippen molar-refractivity contribution in [2.24, 2.45) is 0 Å². The minimum absolute atomic E-state index is 0.100. The normalized spacial score (nSPS) is 8.65. The predicted octanol–water partition coefficient (Wildman–Crippen LogP) is 2.25. The highest BCUT2D eigenvalue weighted by molar-refractivity contribution is 5.64. The van der Waals surface area contributed by atoms with Crippen LogP contribution in [0.3, 0.4) is 0 Å². The summed E-state index contributed by atoms with van der Waals surface area (Å²) in [5, 5.41) is 30.4. The maximum absolute atomic E-state index is 10.8. The molecule has 6 nitrogen and oxygen atoms in total. The van der Waals surface area contributed by atoms with Crippen LogP contribution in [0.2, 0.25) is 0 Å². The molecule has 0 aliphatic rings. The second-order valence-electron chi connectivity index (χ2n) is 3.20. The first-order valence-electron chi connectivity index (χ1n) is 4.60. The molecule has 0 saturated heterocycles. The van der Waals surface area contributed by atoms with Crippen molar-refractivity contribution in [1.29, 1.82) is 10.5 Å². The van der Waals surface area contributed by atoms with E-state index >= 15 is 0 Å². The van der Waals surface area contributed by atoms with E-state index in [4.69, 9.17) is 10.5 Å². The van der Waals surface area contributed by atoms with Gasteiger partial charge in [-0.2, -0.15) is 10.5 Å². The van der Waals surface area contributed by atoms with Gasteiger partial charge in [-0.25, -0.2) is 0 Å². The van der Waals surface area contributed by atoms with Crippen molar-refractivity contribution in [3.05, 3.63) is 45.6 Å². The van der Waals surface area contributed by atoms with Gasteiger partial charge in [0.15, 0.2) is 0 Å². The third-order valence-electron chi connectivity index (χ3n) is 1.96. The van der Waals surface area contributed by atoms with E-state index in [0.717, 1.165) is 11.8 Å². The number of anilines is 1. The minimum Gasteiger partial charge on any atom is -0.354 e. The summed E-state index contributed by atoms with van der Waals surface area (Å²) < 4.78 is 0. The maximum atomic E-state index is 10.8. The Morgan fingerprint density at radius 2 is 2.12 bits per heavy atom. The molecule has 0 aliphatic carbocycles. The molecule has 0 spiro atoms. The fourth-order valence-corrected chi connectivity index (χ4v) is 1.15. The Kier molecular flexibility index (Phi) is 3.80. The SMILES string of the molecule is Cc1ccc(NC=C(C#N)C#N)c([N+](=O)[O-])c1. The zero-order valence-electron chi connectivity index (χ0n) is 8.97. The van der Waals surface area contributed by atoms with Crippen LogP contribution in [0.5, 0.6) is 0 Å². The van der Waals surface area contributed by atoms with Gasteiger partial charge >= 0.3 is 0 Å². The molecule has 0 radical (unpaired) electrons. The molecule has 84 valence electrons. The van der Waals surface area contributed by atoms with E-state index in [1.54, 1.807) is 25.1 Å². The monoisotopic (exact) mass is 228 g/mol. The van der Waals surface area contributed by atoms with Crippen LogP contribution in [0.15, 0.2) is 30.0 Å². The van der Waals surface area contributed by atoms with E-state index in [9.17, 15) is 10.1 Å². The summed E-state index contributed by atoms with van der Waals surface area (Å²) in [5.74, 6) is 0. The Morgan fingerprint density at radius 3 is 2.65 bits per heavy atom. The molecule has 6 heteroatoms. The maximum Gasteiger partial charge on any atom is 0.292 e. The minimum atomic E-state index is -0.526. The second kappa shape index (κ2) is 5.29. The Bertz CT molecular complexity index is 548. The Hall–Kier alpha value is -2.86. The molecule has 0 amide bonds. The molecule has 0 aromatic heterocycles. The number of nitro groups is 1. The predicted molar refractivity (Wildman–Crippen MR) is 60.8 cm³/mol. The lowest BCUT2D eigenvalue weighted by molar-refractivity contribution is -0.384. The van der Waals surface area contributed by atoms with E-state index in [1.807, 2.05) is 0 Å². The fraction of sp³-hybridized carbons (Fsp3) is 0.0909. The number of benzene rings is 1. The summed E-state index contributed by atoms with van der Waals surface area (Å²) in [6.07, 6.45) is 1.14. The van der Waals surface area contributed by atoms with Crippen molar-refractivity contribution in [2.75, 3.05) is 5.32 Å². The molecule has 0 fully saturated rings. The van der Waals surface area contributed by atoms with Crippen molar-refractivity contribution in [3.63, 3.8) is 0 Å². The summed E-state index contributed by atoms with van der Waals surface area (Å²) in [4.78, 5) is 10.2. The third-order valence-corrected chi connectivity index (χ3v) is 1.96. The first-order valence-corrected chi connectivity index (χ1v) is 4.60. The quantitative estimate of drug-likeness (QED) is 0.485. The zero-order chi connectivity index (χ0) is 12.8. The molecule has 0 aliphatic heterocycles. The summed E-state index contributed by atoms with van der Waals surface area (Å²) >= 11 is 0. The van der Waals surface area contributed by atoms with E-state index < -0.39 is 4.92 Å². The number of hydrogen-bond acceptors (Lipinski definition) is 5. The van der Waals surface area contributed by atoms with Crippen molar-refractivity contribution in [2.45, 2.75) is 6.92 Å². The molecule has 1 rings (SSSR count). The second-order valence-corrected chi connectivity index (χ2v) is 3.20. The summed E-state index contributed by atoms with van der Waals surface area (Å²) in [6, 6.07) is 7.93. The van der Waals surface area contributed by atoms with E-state index in [2.05, 4.69) is 5.32 Å². The highest BCUT2D eigenvalue weighted by atomic mass is 16.6. The molecular formula is C11H8N4O2. The number of allylic oxidation sites excluding steroid dienone is 1. The third kappa shape index (κ3) is 3.05. The standard InChI is InChI=1S/C11H8N4O2/c1-8-2-3-10(11(4-8)15(16)17)14-7-9(5-12)6-13/h2-4,7,14H,1H3. The first-order chi connectivity index (χ1) is 8.08. The van der Waals surface area contributed by atoms with E-state index in [-0.39, 0.29) is 16.9 Å². The molecule has 0 saturated carbocycles. The van der Waals surface area contributed by atoms with Crippen LogP contribution in [0.25, 0.3) is 0 Å². The average molecular weight is 228 g/mol. The van der Waals surface area contributed by atoms with Gasteiger partial charge in [-0.1, -0.05) is 6.07 Å². The lowest BCUT2D eigenvalue weighted by Gasteiger charge is -2.03. The number of nitrogens with zero attached hydrogens (tertiary/aromatic N) is 3. The van der Waals surface area contributed by atoms with Gasteiger partial charge in [-0.05, 0) is 18.6 Å². The van der Waals surface area contributed by atoms with Gasteiger partial charge in [0.2, 0.25) is 0 Å². The molecule has 0 atom stereocenters. The molecule has 0 unspecified atom stereocenters. The van der Waals surface area contributed by atoms with Crippen LogP contribution in [0.1, 0.15) is 5.56 Å². The lowest BCUT2D eigenvalue weighted by Crippen LogP contribution is -1.97. The van der Waals surface area contributed by atoms with E-state index in [1.165, 1.54) is 12.1 Å². The van der Waals surface area contributed by atoms with Crippen LogP contribution in [-0.2, 0) is 0 Å². The number of rotatable bonds is 3. The Labute approximate surface area is 97.6 Å². The largest absolute Gasteiger partial charge is 0.354 e. The topological polar surface area (TPSA) is 103 Å². The molecule has 17 heavy (non-hydrogen) atoms. The fourth-order valence-electron chi connectivity index (χ4n) is 1.15. The molecule has 1 aromatic carbocycles. The highest BCUT2D eigenvalue weighted by Crippen LogP contribution is 2.25. The van der Waals surface area contributed by atoms with Crippen LogP contribution >= 0.6 is 0 Å². The van der Waals surface area contributed by atoms with Crippen molar-refractivity contribution < 1.29 is 4.92 Å². The lowest BCUT2D eigenvalue weighted by atomic mass is 10.2. The van der Waals surface area contributed by atoms with Gasteiger partial charge in [0.05, 0.1) is 4.92 Å². The zero-order valence-corrected chi connectivity index (χ0v) is 8.97. The van der Waals surface area contributed by atoms with Crippen molar-refractivity contribution >= 4 is 11.4 Å². The molecule has 0 heterocycles. The summed E-state index contributed by atoms with van der Waals surface area (Å²) in [6.45, 7) is 1.74. The van der Waals surface area contributed by atoms with Gasteiger partial charge < -0.3 is 5.32 Å². The number of hydrogen-bond donors (Lipinski definition) is 1. The number of nitrogens with one attached hydrogen (secondary N) is 1. The van der Waals surface area contributed by atoms with Gasteiger partial charge in [0, 0.05) is 12.3 Å². The Morgan fingerprint density at radius 1 is 1.47 bits per heavy atom. The van der Waals surface area contributed by atoms with Crippen LogP contribution in [-0.4, -0.2) is 4.92 Å². The van der Waals surface area contributed by atoms with Crippen molar-refractivity contribution in [1.82, 2.24) is 0 Å². The van der Waals surface area contributed by atoms with Crippen LogP contribution < -0.4 is 5.32 Å². The number of aryl methyl sites for hydroxylation is 1. The molecule has 1 N–H and O–H groups in total. The van der Waals surface area contributed by atoms with Gasteiger partial charge in [-0.3, -0.25) is 10.1 Å². The molecule has 0 bridgehead atoms. The number of nitro benzene ring substituents is 1. The average Bonchev–Trinajstić information content (AvgIpc) is 2.31. The first kappa shape index (κ1) is 12.2. The van der Waals surface area contributed by atoms with Gasteiger partial charge in [-0.15, -0.1) is 0 Å². The van der Waals surface area contributed by atoms with Crippen molar-refractivity contribution in [3.8, 4) is 12.1 Å². The summed E-state index contributed by atoms with van der Waals surface area (Å²) in [7, 11) is 0. The van der Waals surface area contributed by atoms with Gasteiger partial charge in [0.1, 0.15) is 23.4 Å². The molecule has 1 aromatic rings. The van der Waals surface area contributed by atoms with E-state index in [0.29, 0.717) is 0 Å². The smallest absolute Gasteiger partial charge is 0.292 e. The molecular weight excluding hydrogens is 220 g/mol. The van der Waals surface area contributed by atoms with Crippen LogP contribution in [0, 0.1) is 39.7 Å². The summed E-state index contributed by atoms with van der Waals surface area (Å²) in [5.41, 5.74) is 0.743. The van der Waals surface area contributed by atoms with Gasteiger partial charge in [0.25, 0.3) is 5.69 Å². The van der Waals surface area contributed by atoms with Crippen LogP contribution in [0.4, 0.5) is 11.4 Å². The highest BCUT2D eigenvalue weighted by Gasteiger charge is 2.12. The number of nitriles is 2. The Balaban J connectivity index is 3.09.